The molecule has 3 heteroatoms. The zero-order chi connectivity index (χ0) is 8.55. The summed E-state index contributed by atoms with van der Waals surface area (Å²) in [6.45, 7) is 0. The van der Waals surface area contributed by atoms with Crippen LogP contribution in [0.2, 0.25) is 0 Å². The minimum Gasteiger partial charge on any atom is -0.462 e. The van der Waals surface area contributed by atoms with E-state index in [2.05, 4.69) is 0 Å². The van der Waals surface area contributed by atoms with Gasteiger partial charge in [0.05, 0.1) is 5.92 Å². The summed E-state index contributed by atoms with van der Waals surface area (Å²) in [6.07, 6.45) is 6.73. The van der Waals surface area contributed by atoms with Crippen LogP contribution in [0.15, 0.2) is 12.2 Å². The molecule has 0 spiro atoms. The number of nitrogens with two attached hydrogens (primary N) is 1. The van der Waals surface area contributed by atoms with Crippen molar-refractivity contribution in [3.63, 3.8) is 0 Å². The Bertz CT molecular complexity index is 221. The Morgan fingerprint density at radius 1 is 1.42 bits per heavy atom. The molecule has 0 aliphatic heterocycles. The summed E-state index contributed by atoms with van der Waals surface area (Å²) in [5.74, 6) is -0.178. The second-order valence-corrected chi connectivity index (χ2v) is 3.53. The Morgan fingerprint density at radius 2 is 2.17 bits per heavy atom. The van der Waals surface area contributed by atoms with Crippen molar-refractivity contribution < 1.29 is 9.53 Å². The molecule has 2 aliphatic carbocycles. The summed E-state index contributed by atoms with van der Waals surface area (Å²) in [5.41, 5.74) is 5.61. The van der Waals surface area contributed by atoms with Gasteiger partial charge in [0.2, 0.25) is 0 Å². The van der Waals surface area contributed by atoms with Crippen LogP contribution in [0.3, 0.4) is 0 Å². The van der Waals surface area contributed by atoms with Crippen LogP contribution in [0.25, 0.3) is 0 Å². The van der Waals surface area contributed by atoms with Crippen LogP contribution in [0.4, 0.5) is 0 Å². The van der Waals surface area contributed by atoms with Gasteiger partial charge in [0, 0.05) is 6.04 Å². The molecule has 0 aromatic heterocycles. The van der Waals surface area contributed by atoms with Crippen molar-refractivity contribution in [2.24, 2.45) is 11.7 Å². The van der Waals surface area contributed by atoms with Crippen LogP contribution in [0.5, 0.6) is 0 Å². The van der Waals surface area contributed by atoms with E-state index in [9.17, 15) is 4.79 Å². The molecular weight excluding hydrogens is 154 g/mol. The molecule has 0 saturated heterocycles. The maximum atomic E-state index is 11.3. The molecule has 0 heterocycles. The van der Waals surface area contributed by atoms with Gasteiger partial charge >= 0.3 is 5.97 Å². The molecule has 0 aromatic carbocycles. The van der Waals surface area contributed by atoms with Crippen molar-refractivity contribution in [3.8, 4) is 0 Å². The van der Waals surface area contributed by atoms with E-state index in [1.165, 1.54) is 0 Å². The third-order valence-electron chi connectivity index (χ3n) is 2.23. The van der Waals surface area contributed by atoms with Crippen molar-refractivity contribution in [3.05, 3.63) is 12.2 Å². The fourth-order valence-electron chi connectivity index (χ4n) is 1.34. The van der Waals surface area contributed by atoms with Gasteiger partial charge in [-0.2, -0.15) is 0 Å². The first-order chi connectivity index (χ1) is 5.75. The van der Waals surface area contributed by atoms with Crippen LogP contribution >= 0.6 is 0 Å². The number of esters is 1. The zero-order valence-electron chi connectivity index (χ0n) is 6.90. The number of hydrogen-bond acceptors (Lipinski definition) is 3. The molecule has 66 valence electrons. The summed E-state index contributed by atoms with van der Waals surface area (Å²) in [4.78, 5) is 11.3. The second kappa shape index (κ2) is 2.90. The van der Waals surface area contributed by atoms with E-state index in [1.54, 1.807) is 0 Å². The maximum Gasteiger partial charge on any atom is 0.313 e. The van der Waals surface area contributed by atoms with Crippen LogP contribution in [0, 0.1) is 5.92 Å². The van der Waals surface area contributed by atoms with Gasteiger partial charge in [-0.15, -0.1) is 0 Å². The minimum atomic E-state index is -0.0956. The van der Waals surface area contributed by atoms with Gasteiger partial charge in [0.1, 0.15) is 6.10 Å². The monoisotopic (exact) mass is 167 g/mol. The van der Waals surface area contributed by atoms with Crippen LogP contribution < -0.4 is 5.73 Å². The molecule has 1 fully saturated rings. The highest BCUT2D eigenvalue weighted by Crippen LogP contribution is 2.27. The van der Waals surface area contributed by atoms with E-state index in [1.807, 2.05) is 12.2 Å². The average Bonchev–Trinajstić information content (AvgIpc) is 2.72. The van der Waals surface area contributed by atoms with Gasteiger partial charge in [-0.3, -0.25) is 4.79 Å². The molecule has 12 heavy (non-hydrogen) atoms. The first kappa shape index (κ1) is 7.80. The fourth-order valence-corrected chi connectivity index (χ4v) is 1.34. The van der Waals surface area contributed by atoms with E-state index < -0.39 is 0 Å². The van der Waals surface area contributed by atoms with Gasteiger partial charge in [-0.1, -0.05) is 12.2 Å². The molecule has 3 nitrogen and oxygen atoms in total. The standard InChI is InChI=1S/C9H13NO2/c10-7-2-1-6(5-7)9(11)12-8-3-4-8/h1-2,6-8H,3-5,10H2/t6-,7+/m1/s1. The Labute approximate surface area is 71.6 Å². The Kier molecular flexibility index (Phi) is 1.89. The molecule has 2 aliphatic rings. The Balaban J connectivity index is 1.83. The van der Waals surface area contributed by atoms with Crippen molar-refractivity contribution >= 4 is 5.97 Å². The third-order valence-corrected chi connectivity index (χ3v) is 2.23. The molecule has 0 aromatic rings. The van der Waals surface area contributed by atoms with Gasteiger partial charge in [0.15, 0.2) is 0 Å². The van der Waals surface area contributed by atoms with E-state index in [0.717, 1.165) is 12.8 Å². The summed E-state index contributed by atoms with van der Waals surface area (Å²) in [7, 11) is 0. The molecule has 2 N–H and O–H groups in total. The van der Waals surface area contributed by atoms with Gasteiger partial charge < -0.3 is 10.5 Å². The van der Waals surface area contributed by atoms with Crippen molar-refractivity contribution in [1.29, 1.82) is 0 Å². The van der Waals surface area contributed by atoms with Gasteiger partial charge in [-0.25, -0.2) is 0 Å². The number of carbonyl (C=O) groups excluding carboxylic acids is 1. The molecule has 0 bridgehead atoms. The highest BCUT2D eigenvalue weighted by atomic mass is 16.5. The summed E-state index contributed by atoms with van der Waals surface area (Å²) in [5, 5.41) is 0. The van der Waals surface area contributed by atoms with E-state index >= 15 is 0 Å². The quantitative estimate of drug-likeness (QED) is 0.484. The highest BCUT2D eigenvalue weighted by molar-refractivity contribution is 5.75. The van der Waals surface area contributed by atoms with Gasteiger partial charge in [0.25, 0.3) is 0 Å². The topological polar surface area (TPSA) is 52.3 Å². The van der Waals surface area contributed by atoms with Crippen LogP contribution in [-0.2, 0) is 9.53 Å². The van der Waals surface area contributed by atoms with Crippen molar-refractivity contribution in [2.45, 2.75) is 31.4 Å². The molecule has 2 rings (SSSR count). The smallest absolute Gasteiger partial charge is 0.313 e. The molecule has 0 amide bonds. The number of rotatable bonds is 2. The largest absolute Gasteiger partial charge is 0.462 e. The van der Waals surface area contributed by atoms with E-state index in [4.69, 9.17) is 10.5 Å². The lowest BCUT2D eigenvalue weighted by atomic mass is 10.1. The predicted molar refractivity (Wildman–Crippen MR) is 44.3 cm³/mol. The van der Waals surface area contributed by atoms with E-state index in [0.29, 0.717) is 6.42 Å². The number of hydrogen-bond donors (Lipinski definition) is 1. The summed E-state index contributed by atoms with van der Waals surface area (Å²) < 4.78 is 5.15. The lowest BCUT2D eigenvalue weighted by Crippen LogP contribution is -2.21. The van der Waals surface area contributed by atoms with E-state index in [-0.39, 0.29) is 24.0 Å². The predicted octanol–water partition coefficient (Wildman–Crippen LogP) is 0.595. The average molecular weight is 167 g/mol. The highest BCUT2D eigenvalue weighted by Gasteiger charge is 2.30. The Morgan fingerprint density at radius 3 is 2.67 bits per heavy atom. The minimum absolute atomic E-state index is 0.0433. The second-order valence-electron chi connectivity index (χ2n) is 3.53. The molecule has 1 saturated carbocycles. The zero-order valence-corrected chi connectivity index (χ0v) is 6.90. The number of carbonyl (C=O) groups is 1. The summed E-state index contributed by atoms with van der Waals surface area (Å²) >= 11 is 0. The lowest BCUT2D eigenvalue weighted by molar-refractivity contribution is -0.148. The first-order valence-corrected chi connectivity index (χ1v) is 4.40. The van der Waals surface area contributed by atoms with Crippen LogP contribution in [-0.4, -0.2) is 18.1 Å². The summed E-state index contributed by atoms with van der Waals surface area (Å²) in [6, 6.07) is 0.0433. The van der Waals surface area contributed by atoms with Crippen molar-refractivity contribution in [1.82, 2.24) is 0 Å². The number of ether oxygens (including phenoxy) is 1. The molecule has 0 radical (unpaired) electrons. The fraction of sp³-hybridized carbons (Fsp3) is 0.667. The molecule has 2 atom stereocenters. The molecule has 0 unspecified atom stereocenters. The maximum absolute atomic E-state index is 11.3. The van der Waals surface area contributed by atoms with Crippen molar-refractivity contribution in [2.75, 3.05) is 0 Å². The molecular formula is C9H13NO2. The van der Waals surface area contributed by atoms with Gasteiger partial charge in [-0.05, 0) is 19.3 Å². The SMILES string of the molecule is N[C@H]1C=C[C@@H](C(=O)OC2CC2)C1. The first-order valence-electron chi connectivity index (χ1n) is 4.40. The van der Waals surface area contributed by atoms with Crippen LogP contribution in [0.1, 0.15) is 19.3 Å². The normalized spacial score (nSPS) is 33.8. The lowest BCUT2D eigenvalue weighted by Gasteiger charge is -2.08. The third kappa shape index (κ3) is 1.67. The Hall–Kier alpha value is -0.830.